The highest BCUT2D eigenvalue weighted by atomic mass is 35.5. The van der Waals surface area contributed by atoms with E-state index in [-0.39, 0.29) is 55.4 Å². The van der Waals surface area contributed by atoms with Gasteiger partial charge in [-0.05, 0) is 111 Å². The predicted molar refractivity (Wildman–Crippen MR) is 362 cm³/mol. The highest BCUT2D eigenvalue weighted by Gasteiger charge is 2.26. The maximum absolute atomic E-state index is 13.3. The molecule has 0 bridgehead atoms. The zero-order chi connectivity index (χ0) is 68.5. The fourth-order valence-electron chi connectivity index (χ4n) is 8.95. The lowest BCUT2D eigenvalue weighted by atomic mass is 9.84. The number of aromatic nitrogens is 5. The fraction of sp³-hybridized carbons (Fsp3) is 0.465. The number of aryl methyl sites for hydroxylation is 3. The van der Waals surface area contributed by atoms with Crippen molar-refractivity contribution in [2.75, 3.05) is 14.2 Å². The molecular weight excluding hydrogens is 1220 g/mol. The number of nitrogens with zero attached hydrogens (tertiary/aromatic N) is 6. The summed E-state index contributed by atoms with van der Waals surface area (Å²) in [6.07, 6.45) is 8.72. The van der Waals surface area contributed by atoms with Gasteiger partial charge in [-0.2, -0.15) is 5.26 Å². The molecule has 5 aromatic heterocycles. The second kappa shape index (κ2) is 33.5. The largest absolute Gasteiger partial charge is 0.481 e. The maximum Gasteiger partial charge on any atom is 0.232 e. The molecule has 482 valence electrons. The van der Waals surface area contributed by atoms with E-state index in [4.69, 9.17) is 72.7 Å². The summed E-state index contributed by atoms with van der Waals surface area (Å²) in [6, 6.07) is 17.5. The Morgan fingerprint density at radius 3 is 1.32 bits per heavy atom. The molecule has 0 aliphatic carbocycles. The molecule has 5 heterocycles. The standard InChI is InChI=1S/C11H16ClNO.C11H15F.C10H12ClF.C10H14ClNO.C10H14ClN.C10H11FN2.C9H11ClFN/c1-7-6-13-10(14-5)9(12)8(7)11(2,3)4;1-8-5-6-10(12)9(7-8)11(2,3)4;1-10(2,3)9-7(11)5-4-6-8(9)12;1-10(2,3)9-7(11)5-6-8(12-9)13-4;1-7-5-6-12-9(11)8(7)10(2,3)4;1-10(2,3)9-7(4-12)5-13-6-8(9)11;1-9(2,3)8-6(10)4-12-5-7(8)11/h6H,1-5H3;5-7H,1-4H3;4-6H,1-3H3;5-6H,1-4H3;5-6H,1-4H3;5-6H,1-3H3;4-5H,1-3H3. The van der Waals surface area contributed by atoms with Gasteiger partial charge in [-0.15, -0.1) is 0 Å². The molecule has 0 radical (unpaired) electrons. The molecule has 0 saturated heterocycles. The minimum atomic E-state index is -0.411. The molecule has 0 aliphatic heterocycles. The van der Waals surface area contributed by atoms with Crippen LogP contribution in [0.1, 0.15) is 207 Å². The van der Waals surface area contributed by atoms with Crippen molar-refractivity contribution < 1.29 is 27.0 Å². The first kappa shape index (κ1) is 80.5. The van der Waals surface area contributed by atoms with Crippen LogP contribution in [0, 0.1) is 55.4 Å². The van der Waals surface area contributed by atoms with E-state index >= 15 is 0 Å². The average molecular weight is 1320 g/mol. The first-order valence-corrected chi connectivity index (χ1v) is 30.4. The summed E-state index contributed by atoms with van der Waals surface area (Å²) in [4.78, 5) is 19.8. The number of nitriles is 1. The van der Waals surface area contributed by atoms with Crippen LogP contribution in [0.3, 0.4) is 0 Å². The van der Waals surface area contributed by atoms with Gasteiger partial charge in [0.25, 0.3) is 0 Å². The third kappa shape index (κ3) is 25.4. The Labute approximate surface area is 549 Å². The van der Waals surface area contributed by atoms with Crippen LogP contribution < -0.4 is 9.47 Å². The second-order valence-electron chi connectivity index (χ2n) is 28.1. The zero-order valence-corrected chi connectivity index (χ0v) is 60.3. The summed E-state index contributed by atoms with van der Waals surface area (Å²) in [5.74, 6) is 0.0289. The summed E-state index contributed by atoms with van der Waals surface area (Å²) in [5, 5.41) is 11.6. The molecule has 0 amide bonds. The van der Waals surface area contributed by atoms with E-state index in [1.807, 2.05) is 121 Å². The van der Waals surface area contributed by atoms with Crippen molar-refractivity contribution in [2.45, 2.75) is 204 Å². The number of methoxy groups -OCH3 is 2. The van der Waals surface area contributed by atoms with Crippen LogP contribution in [0.2, 0.25) is 25.2 Å². The lowest BCUT2D eigenvalue weighted by molar-refractivity contribution is 0.392. The SMILES string of the molecule is CC(C)(C)c1c(F)cccc1Cl.CC(C)(C)c1c(F)cncc1C#N.CC(C)(C)c1c(F)cncc1Cl.COc1ccc(Cl)c(C(C)(C)C)n1.COc1ncc(C)c(C(C)(C)C)c1Cl.Cc1ccc(F)c(C(C)(C)C)c1.Cc1ccnc(Cl)c1C(C)(C)C. The number of rotatable bonds is 2. The lowest BCUT2D eigenvalue weighted by Crippen LogP contribution is -2.16. The minimum absolute atomic E-state index is 0.0113. The highest BCUT2D eigenvalue weighted by molar-refractivity contribution is 6.33. The Kier molecular flexibility index (Phi) is 30.6. The maximum atomic E-state index is 13.3. The van der Waals surface area contributed by atoms with Crippen molar-refractivity contribution in [3.05, 3.63) is 202 Å². The summed E-state index contributed by atoms with van der Waals surface area (Å²) in [7, 11) is 3.18. The van der Waals surface area contributed by atoms with E-state index in [0.717, 1.165) is 39.7 Å². The van der Waals surface area contributed by atoms with Crippen LogP contribution in [0.15, 0.2) is 91.8 Å². The molecule has 17 heteroatoms. The van der Waals surface area contributed by atoms with Gasteiger partial charge in [-0.1, -0.05) is 227 Å². The second-order valence-corrected chi connectivity index (χ2v) is 30.0. The zero-order valence-electron chi connectivity index (χ0n) is 56.6. The van der Waals surface area contributed by atoms with E-state index in [2.05, 4.69) is 94.2 Å². The van der Waals surface area contributed by atoms with Gasteiger partial charge in [0.2, 0.25) is 11.8 Å². The molecule has 7 rings (SSSR count). The molecule has 0 aliphatic rings. The van der Waals surface area contributed by atoms with Crippen molar-refractivity contribution in [1.82, 2.24) is 24.9 Å². The number of hydrogen-bond acceptors (Lipinski definition) is 8. The Morgan fingerprint density at radius 1 is 0.443 bits per heavy atom. The number of halogens is 9. The van der Waals surface area contributed by atoms with Gasteiger partial charge in [0.05, 0.1) is 47.9 Å². The molecule has 2 aromatic carbocycles. The van der Waals surface area contributed by atoms with E-state index in [9.17, 15) is 17.6 Å². The van der Waals surface area contributed by atoms with Gasteiger partial charge in [-0.25, -0.2) is 32.5 Å². The first-order chi connectivity index (χ1) is 40.0. The summed E-state index contributed by atoms with van der Waals surface area (Å²) < 4.78 is 63.2. The Balaban J connectivity index is 0.000000514. The van der Waals surface area contributed by atoms with E-state index in [1.165, 1.54) is 36.3 Å². The van der Waals surface area contributed by atoms with Gasteiger partial charge in [0.15, 0.2) is 0 Å². The Bertz CT molecular complexity index is 3220. The van der Waals surface area contributed by atoms with E-state index in [1.54, 1.807) is 50.9 Å². The van der Waals surface area contributed by atoms with Gasteiger partial charge < -0.3 is 9.47 Å². The van der Waals surface area contributed by atoms with Crippen LogP contribution in [-0.2, 0) is 37.9 Å². The molecule has 0 saturated carbocycles. The van der Waals surface area contributed by atoms with Gasteiger partial charge in [-0.3, -0.25) is 9.97 Å². The number of ether oxygens (including phenoxy) is 2. The molecule has 0 N–H and O–H groups in total. The predicted octanol–water partition coefficient (Wildman–Crippen LogP) is 22.5. The molecule has 7 aromatic rings. The van der Waals surface area contributed by atoms with Gasteiger partial charge in [0, 0.05) is 58.0 Å². The lowest BCUT2D eigenvalue weighted by Gasteiger charge is -2.23. The molecule has 0 atom stereocenters. The van der Waals surface area contributed by atoms with Crippen LogP contribution in [0.25, 0.3) is 0 Å². The molecular formula is C71H93Cl5F4N6O2. The number of pyridine rings is 5. The smallest absolute Gasteiger partial charge is 0.232 e. The molecule has 0 spiro atoms. The Morgan fingerprint density at radius 2 is 0.943 bits per heavy atom. The average Bonchev–Trinajstić information content (AvgIpc) is 3.00. The summed E-state index contributed by atoms with van der Waals surface area (Å²) in [5.41, 5.74) is 8.27. The van der Waals surface area contributed by atoms with Gasteiger partial charge >= 0.3 is 0 Å². The first-order valence-electron chi connectivity index (χ1n) is 28.6. The van der Waals surface area contributed by atoms with Crippen molar-refractivity contribution in [1.29, 1.82) is 5.26 Å². The normalized spacial score (nSPS) is 11.6. The monoisotopic (exact) mass is 1310 g/mol. The minimum Gasteiger partial charge on any atom is -0.481 e. The molecule has 0 unspecified atom stereocenters. The quantitative estimate of drug-likeness (QED) is 0.124. The van der Waals surface area contributed by atoms with E-state index < -0.39 is 5.82 Å². The van der Waals surface area contributed by atoms with Crippen molar-refractivity contribution in [3.8, 4) is 17.8 Å². The number of hydrogen-bond donors (Lipinski definition) is 0. The molecule has 0 fully saturated rings. The fourth-order valence-corrected chi connectivity index (χ4v) is 11.3. The molecule has 88 heavy (non-hydrogen) atoms. The van der Waals surface area contributed by atoms with Crippen LogP contribution in [0.4, 0.5) is 17.6 Å². The van der Waals surface area contributed by atoms with Crippen molar-refractivity contribution in [2.24, 2.45) is 0 Å². The van der Waals surface area contributed by atoms with E-state index in [0.29, 0.717) is 59.3 Å². The third-order valence-corrected chi connectivity index (χ3v) is 14.3. The number of benzene rings is 2. The third-order valence-electron chi connectivity index (χ3n) is 12.7. The topological polar surface area (TPSA) is 107 Å². The van der Waals surface area contributed by atoms with Crippen LogP contribution in [-0.4, -0.2) is 39.1 Å². The van der Waals surface area contributed by atoms with Crippen molar-refractivity contribution in [3.63, 3.8) is 0 Å². The van der Waals surface area contributed by atoms with Crippen LogP contribution >= 0.6 is 58.0 Å². The highest BCUT2D eigenvalue weighted by Crippen LogP contribution is 2.38. The van der Waals surface area contributed by atoms with Crippen LogP contribution in [0.5, 0.6) is 11.8 Å². The Hall–Kier alpha value is -5.55. The van der Waals surface area contributed by atoms with Crippen molar-refractivity contribution >= 4 is 58.0 Å². The molecule has 8 nitrogen and oxygen atoms in total. The summed E-state index contributed by atoms with van der Waals surface area (Å²) in [6.45, 7) is 48.3. The van der Waals surface area contributed by atoms with Gasteiger partial charge in [0.1, 0.15) is 39.5 Å². The summed E-state index contributed by atoms with van der Waals surface area (Å²) >= 11 is 29.9.